The third-order valence-electron chi connectivity index (χ3n) is 9.60. The standard InChI is InChI=1S/C33H35F2N7O5S/c1-2-23(43)38-18-14-42(9-12-45-15-18)28-20-13-37-25(19-3-4-21(34)30-27(19)40-32(36)48-30)24(35)26(20)39-31-29(28)46-16-22(47-31)33(5-6-33)17-41-7-10-44-11-8-41/h2-4,13,18,22H,1,5-12,14-17H2,(H2,36,40)(H,38,43)/t18-,22-/m0/s1. The van der Waals surface area contributed by atoms with E-state index in [-0.39, 0.29) is 55.9 Å². The molecule has 0 unspecified atom stereocenters. The first-order valence-corrected chi connectivity index (χ1v) is 16.9. The smallest absolute Gasteiger partial charge is 0.260 e. The Morgan fingerprint density at radius 2 is 1.94 bits per heavy atom. The van der Waals surface area contributed by atoms with Gasteiger partial charge >= 0.3 is 0 Å². The van der Waals surface area contributed by atoms with Crippen LogP contribution >= 0.6 is 11.3 Å². The first-order valence-electron chi connectivity index (χ1n) is 16.1. The molecule has 1 saturated carbocycles. The van der Waals surface area contributed by atoms with Gasteiger partial charge in [-0.05, 0) is 31.1 Å². The molecule has 1 amide bonds. The zero-order valence-electron chi connectivity index (χ0n) is 26.2. The minimum atomic E-state index is -0.709. The van der Waals surface area contributed by atoms with E-state index in [2.05, 4.69) is 26.8 Å². The van der Waals surface area contributed by atoms with Crippen LogP contribution in [-0.2, 0) is 14.3 Å². The predicted octanol–water partition coefficient (Wildman–Crippen LogP) is 3.53. The molecule has 4 aliphatic rings. The Hall–Kier alpha value is -4.18. The van der Waals surface area contributed by atoms with Gasteiger partial charge in [0.25, 0.3) is 5.88 Å². The quantitative estimate of drug-likeness (QED) is 0.278. The van der Waals surface area contributed by atoms with Gasteiger partial charge in [-0.3, -0.25) is 14.7 Å². The number of halogens is 2. The summed E-state index contributed by atoms with van der Waals surface area (Å²) < 4.78 is 56.3. The normalized spacial score (nSPS) is 22.4. The molecule has 48 heavy (non-hydrogen) atoms. The van der Waals surface area contributed by atoms with Crippen molar-refractivity contribution in [3.63, 3.8) is 0 Å². The zero-order chi connectivity index (χ0) is 33.0. The summed E-state index contributed by atoms with van der Waals surface area (Å²) in [6, 6.07) is 2.33. The molecule has 252 valence electrons. The monoisotopic (exact) mass is 679 g/mol. The number of nitrogen functional groups attached to an aromatic ring is 1. The molecule has 2 saturated heterocycles. The van der Waals surface area contributed by atoms with Gasteiger partial charge in [0.05, 0.1) is 48.4 Å². The number of pyridine rings is 2. The highest BCUT2D eigenvalue weighted by Crippen LogP contribution is 2.54. The van der Waals surface area contributed by atoms with Crippen LogP contribution in [-0.4, -0.2) is 104 Å². The van der Waals surface area contributed by atoms with Crippen molar-refractivity contribution >= 4 is 49.2 Å². The molecular weight excluding hydrogens is 644 g/mol. The van der Waals surface area contributed by atoms with Crippen LogP contribution in [0, 0.1) is 17.0 Å². The highest BCUT2D eigenvalue weighted by Gasteiger charge is 2.54. The van der Waals surface area contributed by atoms with Crippen molar-refractivity contribution in [1.29, 1.82) is 0 Å². The third kappa shape index (κ3) is 5.57. The fraction of sp³-hybridized carbons (Fsp3) is 0.455. The third-order valence-corrected chi connectivity index (χ3v) is 10.5. The van der Waals surface area contributed by atoms with E-state index in [1.54, 1.807) is 6.20 Å². The molecule has 3 aliphatic heterocycles. The summed E-state index contributed by atoms with van der Waals surface area (Å²) >= 11 is 0.990. The highest BCUT2D eigenvalue weighted by atomic mass is 32.1. The number of nitrogens with one attached hydrogen (secondary N) is 1. The summed E-state index contributed by atoms with van der Waals surface area (Å²) in [4.78, 5) is 30.2. The molecular formula is C33H35F2N7O5S. The Bertz CT molecular complexity index is 1910. The summed E-state index contributed by atoms with van der Waals surface area (Å²) in [7, 11) is 0. The number of carbonyl (C=O) groups excluding carboxylic acids is 1. The van der Waals surface area contributed by atoms with E-state index >= 15 is 4.39 Å². The number of fused-ring (bicyclic) bond motifs is 3. The number of amides is 1. The van der Waals surface area contributed by atoms with Gasteiger partial charge in [0.15, 0.2) is 10.9 Å². The average Bonchev–Trinajstić information content (AvgIpc) is 3.82. The number of carbonyl (C=O) groups is 1. The van der Waals surface area contributed by atoms with E-state index in [1.807, 2.05) is 4.90 Å². The fourth-order valence-electron chi connectivity index (χ4n) is 6.97. The van der Waals surface area contributed by atoms with Crippen LogP contribution in [0.4, 0.5) is 19.6 Å². The molecule has 15 heteroatoms. The van der Waals surface area contributed by atoms with Crippen LogP contribution in [0.15, 0.2) is 31.0 Å². The number of aromatic nitrogens is 3. The summed E-state index contributed by atoms with van der Waals surface area (Å²) in [5.41, 5.74) is 6.88. The van der Waals surface area contributed by atoms with Gasteiger partial charge in [-0.1, -0.05) is 17.9 Å². The second-order valence-electron chi connectivity index (χ2n) is 12.7. The van der Waals surface area contributed by atoms with Crippen molar-refractivity contribution < 1.29 is 32.5 Å². The van der Waals surface area contributed by atoms with Crippen molar-refractivity contribution in [2.24, 2.45) is 5.41 Å². The van der Waals surface area contributed by atoms with E-state index < -0.39 is 11.6 Å². The minimum absolute atomic E-state index is 0.0218. The van der Waals surface area contributed by atoms with E-state index in [1.165, 1.54) is 18.2 Å². The maximum absolute atomic E-state index is 16.8. The predicted molar refractivity (Wildman–Crippen MR) is 176 cm³/mol. The number of nitrogens with two attached hydrogens (primary N) is 1. The zero-order valence-corrected chi connectivity index (χ0v) is 27.0. The number of anilines is 2. The maximum Gasteiger partial charge on any atom is 0.260 e. The Labute approximate surface area is 278 Å². The molecule has 6 heterocycles. The van der Waals surface area contributed by atoms with Crippen LogP contribution in [0.3, 0.4) is 0 Å². The highest BCUT2D eigenvalue weighted by molar-refractivity contribution is 7.22. The van der Waals surface area contributed by atoms with Crippen molar-refractivity contribution in [3.8, 4) is 22.9 Å². The van der Waals surface area contributed by atoms with Gasteiger partial charge in [0.1, 0.15) is 29.7 Å². The molecule has 3 fully saturated rings. The van der Waals surface area contributed by atoms with Gasteiger partial charge < -0.3 is 34.9 Å². The summed E-state index contributed by atoms with van der Waals surface area (Å²) in [6.07, 6.45) is 4.45. The molecule has 0 bridgehead atoms. The lowest BCUT2D eigenvalue weighted by Gasteiger charge is -2.38. The molecule has 8 rings (SSSR count). The molecule has 1 aromatic carbocycles. The van der Waals surface area contributed by atoms with E-state index in [0.29, 0.717) is 68.5 Å². The van der Waals surface area contributed by atoms with Crippen molar-refractivity contribution in [2.75, 3.05) is 76.4 Å². The van der Waals surface area contributed by atoms with Crippen LogP contribution in [0.2, 0.25) is 0 Å². The molecule has 2 atom stereocenters. The average molecular weight is 680 g/mol. The second-order valence-corrected chi connectivity index (χ2v) is 13.7. The summed E-state index contributed by atoms with van der Waals surface area (Å²) in [6.45, 7) is 9.29. The van der Waals surface area contributed by atoms with Gasteiger partial charge in [0, 0.05) is 55.3 Å². The number of morpholine rings is 1. The molecule has 1 aliphatic carbocycles. The van der Waals surface area contributed by atoms with Crippen LogP contribution in [0.1, 0.15) is 12.8 Å². The fourth-order valence-corrected chi connectivity index (χ4v) is 7.73. The molecule has 3 N–H and O–H groups in total. The minimum Gasteiger partial charge on any atom is -0.482 e. The summed E-state index contributed by atoms with van der Waals surface area (Å²) in [5, 5.41) is 3.48. The number of benzene rings is 1. The maximum atomic E-state index is 16.8. The first-order chi connectivity index (χ1) is 23.3. The molecule has 4 aromatic rings. The van der Waals surface area contributed by atoms with Crippen LogP contribution in [0.5, 0.6) is 11.6 Å². The number of rotatable bonds is 7. The number of nitrogens with zero attached hydrogens (tertiary/aromatic N) is 5. The lowest BCUT2D eigenvalue weighted by Crippen LogP contribution is -2.47. The lowest BCUT2D eigenvalue weighted by molar-refractivity contribution is -0.117. The van der Waals surface area contributed by atoms with E-state index in [9.17, 15) is 9.18 Å². The number of ether oxygens (including phenoxy) is 4. The van der Waals surface area contributed by atoms with E-state index in [0.717, 1.165) is 43.8 Å². The second kappa shape index (κ2) is 12.4. The Morgan fingerprint density at radius 3 is 2.73 bits per heavy atom. The topological polar surface area (TPSA) is 137 Å². The van der Waals surface area contributed by atoms with Gasteiger partial charge in [-0.25, -0.2) is 18.7 Å². The Balaban J connectivity index is 1.23. The molecule has 0 radical (unpaired) electrons. The molecule has 0 spiro atoms. The van der Waals surface area contributed by atoms with Crippen LogP contribution in [0.25, 0.3) is 32.4 Å². The van der Waals surface area contributed by atoms with Crippen molar-refractivity contribution in [1.82, 2.24) is 25.2 Å². The van der Waals surface area contributed by atoms with Gasteiger partial charge in [0.2, 0.25) is 11.7 Å². The molecule has 12 nitrogen and oxygen atoms in total. The Morgan fingerprint density at radius 1 is 1.12 bits per heavy atom. The lowest BCUT2D eigenvalue weighted by atomic mass is 9.97. The number of thiazole rings is 1. The van der Waals surface area contributed by atoms with Crippen molar-refractivity contribution in [3.05, 3.63) is 42.6 Å². The summed E-state index contributed by atoms with van der Waals surface area (Å²) in [5.74, 6) is -0.948. The largest absolute Gasteiger partial charge is 0.482 e. The number of hydrogen-bond acceptors (Lipinski definition) is 12. The SMILES string of the molecule is C=CC(=O)N[C@@H]1COCCN(c2c3c(nc4c(F)c(-c5ccc(F)c6sc(N)nc56)ncc24)O[C@H](C2(CN4CCOCC4)CC2)CO3)C1. The molecule has 3 aromatic heterocycles. The Kier molecular flexibility index (Phi) is 8.01. The van der Waals surface area contributed by atoms with E-state index in [4.69, 9.17) is 29.7 Å². The van der Waals surface area contributed by atoms with Gasteiger partial charge in [-0.15, -0.1) is 0 Å². The van der Waals surface area contributed by atoms with Crippen molar-refractivity contribution in [2.45, 2.75) is 25.0 Å². The number of hydrogen-bond donors (Lipinski definition) is 2. The first kappa shape index (κ1) is 31.1. The van der Waals surface area contributed by atoms with Gasteiger partial charge in [-0.2, -0.15) is 0 Å². The van der Waals surface area contributed by atoms with Crippen LogP contribution < -0.4 is 25.4 Å².